The number of ether oxygens (including phenoxy) is 1. The van der Waals surface area contributed by atoms with Gasteiger partial charge in [0.25, 0.3) is 0 Å². The third-order valence-corrected chi connectivity index (χ3v) is 4.16. The van der Waals surface area contributed by atoms with Crippen LogP contribution in [0.4, 0.5) is 5.82 Å². The molecule has 2 aliphatic heterocycles. The molecule has 0 aliphatic carbocycles. The molecule has 2 aliphatic rings. The van der Waals surface area contributed by atoms with Crippen molar-refractivity contribution in [1.29, 1.82) is 0 Å². The summed E-state index contributed by atoms with van der Waals surface area (Å²) in [5.74, 6) is 0.843. The number of hydrogen-bond acceptors (Lipinski definition) is 5. The monoisotopic (exact) mass is 262 g/mol. The molecule has 0 amide bonds. The second-order valence-corrected chi connectivity index (χ2v) is 5.55. The highest BCUT2D eigenvalue weighted by Crippen LogP contribution is 2.22. The Labute approximate surface area is 114 Å². The van der Waals surface area contributed by atoms with Crippen LogP contribution in [0.1, 0.15) is 24.2 Å². The smallest absolute Gasteiger partial charge is 0.144 e. The van der Waals surface area contributed by atoms with Crippen molar-refractivity contribution >= 4 is 5.82 Å². The molecule has 1 aromatic heterocycles. The summed E-state index contributed by atoms with van der Waals surface area (Å²) in [4.78, 5) is 11.4. The van der Waals surface area contributed by atoms with E-state index in [1.807, 2.05) is 13.8 Å². The van der Waals surface area contributed by atoms with Crippen molar-refractivity contribution in [1.82, 2.24) is 14.9 Å². The van der Waals surface area contributed by atoms with E-state index in [1.54, 1.807) is 6.20 Å². The average Bonchev–Trinajstić information content (AvgIpc) is 2.87. The molecule has 3 rings (SSSR count). The van der Waals surface area contributed by atoms with Gasteiger partial charge in [0.2, 0.25) is 0 Å². The number of hydrogen-bond donors (Lipinski definition) is 1. The summed E-state index contributed by atoms with van der Waals surface area (Å²) in [6, 6.07) is 0.665. The molecule has 2 fully saturated rings. The average molecular weight is 262 g/mol. The van der Waals surface area contributed by atoms with Gasteiger partial charge >= 0.3 is 0 Å². The minimum absolute atomic E-state index is 0.262. The van der Waals surface area contributed by atoms with Gasteiger partial charge in [-0.15, -0.1) is 0 Å². The Balaban J connectivity index is 1.53. The summed E-state index contributed by atoms with van der Waals surface area (Å²) in [7, 11) is 0. The van der Waals surface area contributed by atoms with E-state index in [2.05, 4.69) is 20.2 Å². The first-order valence-electron chi connectivity index (χ1n) is 7.12. The van der Waals surface area contributed by atoms with Crippen LogP contribution < -0.4 is 5.32 Å². The zero-order valence-corrected chi connectivity index (χ0v) is 11.7. The zero-order valence-electron chi connectivity index (χ0n) is 11.7. The van der Waals surface area contributed by atoms with Crippen molar-refractivity contribution < 1.29 is 4.74 Å². The van der Waals surface area contributed by atoms with E-state index in [4.69, 9.17) is 4.74 Å². The summed E-state index contributed by atoms with van der Waals surface area (Å²) < 4.78 is 5.92. The van der Waals surface area contributed by atoms with Gasteiger partial charge in [-0.1, -0.05) is 0 Å². The van der Waals surface area contributed by atoms with Gasteiger partial charge in [0.1, 0.15) is 5.82 Å². The molecule has 5 nitrogen and oxygen atoms in total. The molecule has 2 unspecified atom stereocenters. The van der Waals surface area contributed by atoms with Crippen molar-refractivity contribution in [3.05, 3.63) is 17.6 Å². The quantitative estimate of drug-likeness (QED) is 0.891. The maximum atomic E-state index is 5.92. The summed E-state index contributed by atoms with van der Waals surface area (Å²) in [6.45, 7) is 7.92. The van der Waals surface area contributed by atoms with Crippen LogP contribution >= 0.6 is 0 Å². The molecule has 1 N–H and O–H groups in total. The molecule has 2 atom stereocenters. The number of fused-ring (bicyclic) bond motifs is 1. The third kappa shape index (κ3) is 2.87. The highest BCUT2D eigenvalue weighted by atomic mass is 16.5. The van der Waals surface area contributed by atoms with E-state index in [0.717, 1.165) is 36.9 Å². The van der Waals surface area contributed by atoms with Gasteiger partial charge in [-0.2, -0.15) is 0 Å². The fourth-order valence-electron chi connectivity index (χ4n) is 2.85. The van der Waals surface area contributed by atoms with Crippen LogP contribution in [-0.4, -0.2) is 53.3 Å². The Morgan fingerprint density at radius 2 is 2.32 bits per heavy atom. The summed E-state index contributed by atoms with van der Waals surface area (Å²) >= 11 is 0. The van der Waals surface area contributed by atoms with Gasteiger partial charge in [-0.3, -0.25) is 9.88 Å². The van der Waals surface area contributed by atoms with Crippen LogP contribution in [0.15, 0.2) is 6.20 Å². The molecule has 3 heterocycles. The fourth-order valence-corrected chi connectivity index (χ4v) is 2.85. The Bertz CT molecular complexity index is 451. The molecule has 0 bridgehead atoms. The number of nitrogens with zero attached hydrogens (tertiary/aromatic N) is 3. The van der Waals surface area contributed by atoms with Gasteiger partial charge in [0, 0.05) is 19.1 Å². The van der Waals surface area contributed by atoms with Gasteiger partial charge in [-0.05, 0) is 33.2 Å². The minimum atomic E-state index is 0.262. The molecule has 19 heavy (non-hydrogen) atoms. The Morgan fingerprint density at radius 3 is 3.16 bits per heavy atom. The topological polar surface area (TPSA) is 50.3 Å². The lowest BCUT2D eigenvalue weighted by molar-refractivity contribution is -0.0416. The third-order valence-electron chi connectivity index (χ3n) is 4.16. The van der Waals surface area contributed by atoms with E-state index in [0.29, 0.717) is 6.04 Å². The lowest BCUT2D eigenvalue weighted by Crippen LogP contribution is -2.48. The van der Waals surface area contributed by atoms with Crippen molar-refractivity contribution in [2.45, 2.75) is 38.8 Å². The largest absolute Gasteiger partial charge is 0.373 e. The maximum absolute atomic E-state index is 5.92. The van der Waals surface area contributed by atoms with Crippen molar-refractivity contribution in [2.75, 3.05) is 31.6 Å². The number of morpholine rings is 1. The van der Waals surface area contributed by atoms with Gasteiger partial charge in [-0.25, -0.2) is 4.98 Å². The highest BCUT2D eigenvalue weighted by molar-refractivity contribution is 5.33. The minimum Gasteiger partial charge on any atom is -0.373 e. The van der Waals surface area contributed by atoms with E-state index < -0.39 is 0 Å². The zero-order chi connectivity index (χ0) is 13.2. The molecule has 0 spiro atoms. The maximum Gasteiger partial charge on any atom is 0.144 e. The van der Waals surface area contributed by atoms with E-state index in [-0.39, 0.29) is 6.10 Å². The molecule has 0 saturated carbocycles. The first kappa shape index (κ1) is 12.8. The van der Waals surface area contributed by atoms with E-state index in [9.17, 15) is 0 Å². The van der Waals surface area contributed by atoms with Crippen LogP contribution in [0.25, 0.3) is 0 Å². The Hall–Kier alpha value is -1.20. The SMILES string of the molecule is Cc1ncc(NCC2CN3CCCC3CO2)nc1C. The van der Waals surface area contributed by atoms with Crippen LogP contribution in [-0.2, 0) is 4.74 Å². The second-order valence-electron chi connectivity index (χ2n) is 5.55. The van der Waals surface area contributed by atoms with Crippen molar-refractivity contribution in [2.24, 2.45) is 0 Å². The predicted octanol–water partition coefficient (Wildman–Crippen LogP) is 1.37. The first-order chi connectivity index (χ1) is 9.22. The van der Waals surface area contributed by atoms with Gasteiger partial charge in [0.15, 0.2) is 0 Å². The Kier molecular flexibility index (Phi) is 3.66. The molecule has 0 aromatic carbocycles. The molecule has 0 radical (unpaired) electrons. The predicted molar refractivity (Wildman–Crippen MR) is 74.3 cm³/mol. The molecule has 2 saturated heterocycles. The van der Waals surface area contributed by atoms with Crippen LogP contribution in [0, 0.1) is 13.8 Å². The lowest BCUT2D eigenvalue weighted by Gasteiger charge is -2.35. The molecular formula is C14H22N4O. The van der Waals surface area contributed by atoms with E-state index >= 15 is 0 Å². The molecule has 104 valence electrons. The number of aromatic nitrogens is 2. The number of rotatable bonds is 3. The number of aryl methyl sites for hydroxylation is 2. The first-order valence-corrected chi connectivity index (χ1v) is 7.12. The summed E-state index contributed by atoms with van der Waals surface area (Å²) in [6.07, 6.45) is 4.67. The molecular weight excluding hydrogens is 240 g/mol. The van der Waals surface area contributed by atoms with Gasteiger partial charge < -0.3 is 10.1 Å². The molecule has 1 aromatic rings. The number of nitrogens with one attached hydrogen (secondary N) is 1. The number of anilines is 1. The van der Waals surface area contributed by atoms with E-state index in [1.165, 1.54) is 19.4 Å². The second kappa shape index (κ2) is 5.43. The normalized spacial score (nSPS) is 27.3. The fraction of sp³-hybridized carbons (Fsp3) is 0.714. The van der Waals surface area contributed by atoms with Crippen LogP contribution in [0.2, 0.25) is 0 Å². The lowest BCUT2D eigenvalue weighted by atomic mass is 10.2. The van der Waals surface area contributed by atoms with Gasteiger partial charge in [0.05, 0.1) is 30.3 Å². The van der Waals surface area contributed by atoms with Crippen molar-refractivity contribution in [3.63, 3.8) is 0 Å². The Morgan fingerprint density at radius 1 is 1.42 bits per heavy atom. The van der Waals surface area contributed by atoms with Crippen LogP contribution in [0.5, 0.6) is 0 Å². The summed E-state index contributed by atoms with van der Waals surface area (Å²) in [5.41, 5.74) is 1.97. The molecule has 5 heteroatoms. The highest BCUT2D eigenvalue weighted by Gasteiger charge is 2.31. The standard InChI is InChI=1S/C14H22N4O/c1-10-11(2)17-14(7-15-10)16-6-13-8-18-5-3-4-12(18)9-19-13/h7,12-13H,3-6,8-9H2,1-2H3,(H,16,17). The van der Waals surface area contributed by atoms with Crippen molar-refractivity contribution in [3.8, 4) is 0 Å². The summed E-state index contributed by atoms with van der Waals surface area (Å²) in [5, 5.41) is 3.34. The van der Waals surface area contributed by atoms with Crippen LogP contribution in [0.3, 0.4) is 0 Å².